The molecule has 9 atom stereocenters. The molecule has 0 radical (unpaired) electrons. The Kier molecular flexibility index (Phi) is 6.34. The van der Waals surface area contributed by atoms with Crippen molar-refractivity contribution in [3.05, 3.63) is 11.6 Å². The standard InChI is InChI=1S/C28H38O9/c1-16(36-17(2)30)24(32)37-19-4-9-26(15-29)21-5-8-25(3)20(18-12-23(31)35-14-18)7-11-28(25,34)22(21)6-10-27(26,33)13-19/h12,15-16,19-22,33-34H,4-11,13-14H2,1-3H3/t16?,19-,20?,21?,22?,25+,26-,27-,28-/m0/s1. The number of ether oxygens (including phenoxy) is 3. The van der Waals surface area contributed by atoms with Crippen LogP contribution in [0.5, 0.6) is 0 Å². The monoisotopic (exact) mass is 518 g/mol. The lowest BCUT2D eigenvalue weighted by molar-refractivity contribution is -0.250. The van der Waals surface area contributed by atoms with E-state index in [9.17, 15) is 29.4 Å². The first kappa shape index (κ1) is 26.4. The zero-order valence-corrected chi connectivity index (χ0v) is 21.9. The Balaban J connectivity index is 1.37. The number of carbonyl (C=O) groups excluding carboxylic acids is 4. The molecule has 9 heteroatoms. The summed E-state index contributed by atoms with van der Waals surface area (Å²) in [6.07, 6.45) is 5.38. The first-order valence-corrected chi connectivity index (χ1v) is 13.6. The highest BCUT2D eigenvalue weighted by atomic mass is 16.6. The molecule has 0 aromatic rings. The number of hydrogen-bond acceptors (Lipinski definition) is 9. The molecule has 0 aromatic carbocycles. The molecule has 4 saturated carbocycles. The summed E-state index contributed by atoms with van der Waals surface area (Å²) >= 11 is 0. The molecule has 0 saturated heterocycles. The number of fused-ring (bicyclic) bond motifs is 5. The quantitative estimate of drug-likeness (QED) is 0.319. The fraction of sp³-hybridized carbons (Fsp3) is 0.786. The van der Waals surface area contributed by atoms with Gasteiger partial charge < -0.3 is 29.2 Å². The maximum absolute atomic E-state index is 12.9. The summed E-state index contributed by atoms with van der Waals surface area (Å²) in [6, 6.07) is 0. The molecule has 0 aromatic heterocycles. The van der Waals surface area contributed by atoms with Gasteiger partial charge >= 0.3 is 17.9 Å². The van der Waals surface area contributed by atoms with Crippen molar-refractivity contribution in [3.8, 4) is 0 Å². The zero-order chi connectivity index (χ0) is 26.8. The number of carbonyl (C=O) groups is 4. The Morgan fingerprint density at radius 2 is 1.84 bits per heavy atom. The number of aldehydes is 1. The summed E-state index contributed by atoms with van der Waals surface area (Å²) in [5.74, 6) is -1.86. The van der Waals surface area contributed by atoms with Crippen LogP contribution in [-0.2, 0) is 33.4 Å². The van der Waals surface area contributed by atoms with Gasteiger partial charge in [0.05, 0.1) is 16.6 Å². The molecule has 0 spiro atoms. The molecule has 37 heavy (non-hydrogen) atoms. The van der Waals surface area contributed by atoms with E-state index in [1.54, 1.807) is 6.08 Å². The van der Waals surface area contributed by atoms with Crippen LogP contribution in [0.3, 0.4) is 0 Å². The van der Waals surface area contributed by atoms with Gasteiger partial charge in [0.25, 0.3) is 0 Å². The van der Waals surface area contributed by atoms with Crippen LogP contribution in [0.1, 0.15) is 78.6 Å². The second-order valence-corrected chi connectivity index (χ2v) is 12.3. The molecule has 2 N–H and O–H groups in total. The predicted octanol–water partition coefficient (Wildman–Crippen LogP) is 2.40. The number of cyclic esters (lactones) is 1. The average Bonchev–Trinajstić information content (AvgIpc) is 3.37. The van der Waals surface area contributed by atoms with Crippen molar-refractivity contribution in [2.75, 3.05) is 6.61 Å². The summed E-state index contributed by atoms with van der Waals surface area (Å²) < 4.78 is 15.7. The molecular weight excluding hydrogens is 480 g/mol. The molecule has 4 unspecified atom stereocenters. The molecular formula is C28H38O9. The van der Waals surface area contributed by atoms with E-state index in [1.165, 1.54) is 13.8 Å². The fourth-order valence-corrected chi connectivity index (χ4v) is 8.98. The highest BCUT2D eigenvalue weighted by Crippen LogP contribution is 2.70. The molecule has 1 aliphatic heterocycles. The highest BCUT2D eigenvalue weighted by Gasteiger charge is 2.71. The van der Waals surface area contributed by atoms with Gasteiger partial charge in [-0.15, -0.1) is 0 Å². The SMILES string of the molecule is CC(=O)OC(C)C(=O)O[C@H]1CC[C@]2(C=O)C3CC[C@]4(C)C(C5=CC(=O)OC5)CC[C@]4(O)C3CC[C@]2(O)C1. The van der Waals surface area contributed by atoms with E-state index < -0.39 is 46.2 Å². The molecule has 0 amide bonds. The third-order valence-electron chi connectivity index (χ3n) is 10.8. The van der Waals surface area contributed by atoms with Crippen molar-refractivity contribution in [2.45, 2.75) is 102 Å². The summed E-state index contributed by atoms with van der Waals surface area (Å²) in [6.45, 7) is 5.05. The lowest BCUT2D eigenvalue weighted by Crippen LogP contribution is -2.69. The van der Waals surface area contributed by atoms with Crippen molar-refractivity contribution in [1.29, 1.82) is 0 Å². The number of esters is 3. The van der Waals surface area contributed by atoms with Crippen LogP contribution in [0.25, 0.3) is 0 Å². The summed E-state index contributed by atoms with van der Waals surface area (Å²) in [7, 11) is 0. The predicted molar refractivity (Wildman–Crippen MR) is 129 cm³/mol. The van der Waals surface area contributed by atoms with Crippen LogP contribution in [0.4, 0.5) is 0 Å². The van der Waals surface area contributed by atoms with E-state index in [0.29, 0.717) is 44.9 Å². The Morgan fingerprint density at radius 1 is 1.11 bits per heavy atom. The maximum Gasteiger partial charge on any atom is 0.347 e. The molecule has 4 fully saturated rings. The van der Waals surface area contributed by atoms with E-state index in [4.69, 9.17) is 14.2 Å². The first-order chi connectivity index (χ1) is 17.4. The van der Waals surface area contributed by atoms with Gasteiger partial charge in [-0.3, -0.25) is 4.79 Å². The minimum Gasteiger partial charge on any atom is -0.460 e. The van der Waals surface area contributed by atoms with Crippen molar-refractivity contribution in [2.24, 2.45) is 28.6 Å². The molecule has 1 heterocycles. The van der Waals surface area contributed by atoms with Crippen molar-refractivity contribution < 1.29 is 43.6 Å². The smallest absolute Gasteiger partial charge is 0.347 e. The summed E-state index contributed by atoms with van der Waals surface area (Å²) in [4.78, 5) is 48.2. The Labute approximate surface area is 216 Å². The summed E-state index contributed by atoms with van der Waals surface area (Å²) in [5.41, 5.74) is -2.87. The van der Waals surface area contributed by atoms with Crippen LogP contribution in [0.15, 0.2) is 11.6 Å². The number of aliphatic hydroxyl groups is 2. The molecule has 5 rings (SSSR count). The zero-order valence-electron chi connectivity index (χ0n) is 21.9. The summed E-state index contributed by atoms with van der Waals surface area (Å²) in [5, 5.41) is 24.2. The Morgan fingerprint density at radius 3 is 2.49 bits per heavy atom. The van der Waals surface area contributed by atoms with E-state index in [0.717, 1.165) is 18.3 Å². The minimum absolute atomic E-state index is 0.0484. The number of rotatable bonds is 5. The van der Waals surface area contributed by atoms with Crippen LogP contribution < -0.4 is 0 Å². The van der Waals surface area contributed by atoms with Gasteiger partial charge in [-0.1, -0.05) is 6.92 Å². The van der Waals surface area contributed by atoms with E-state index in [2.05, 4.69) is 6.92 Å². The Bertz CT molecular complexity index is 1040. The fourth-order valence-electron chi connectivity index (χ4n) is 8.98. The largest absolute Gasteiger partial charge is 0.460 e. The van der Waals surface area contributed by atoms with Crippen LogP contribution >= 0.6 is 0 Å². The van der Waals surface area contributed by atoms with Gasteiger partial charge in [-0.2, -0.15) is 0 Å². The third kappa shape index (κ3) is 3.79. The van der Waals surface area contributed by atoms with E-state index in [-0.39, 0.29) is 36.8 Å². The minimum atomic E-state index is -1.35. The third-order valence-corrected chi connectivity index (χ3v) is 10.8. The van der Waals surface area contributed by atoms with E-state index in [1.807, 2.05) is 0 Å². The van der Waals surface area contributed by atoms with Gasteiger partial charge in [0.15, 0.2) is 6.10 Å². The maximum atomic E-state index is 12.9. The molecule has 9 nitrogen and oxygen atoms in total. The normalized spacial score (nSPS) is 45.4. The second-order valence-electron chi connectivity index (χ2n) is 12.3. The van der Waals surface area contributed by atoms with Crippen molar-refractivity contribution in [3.63, 3.8) is 0 Å². The molecule has 204 valence electrons. The second kappa shape index (κ2) is 8.90. The van der Waals surface area contributed by atoms with Crippen molar-refractivity contribution in [1.82, 2.24) is 0 Å². The molecule has 0 bridgehead atoms. The molecule has 4 aliphatic carbocycles. The lowest BCUT2D eigenvalue weighted by atomic mass is 9.41. The highest BCUT2D eigenvalue weighted by molar-refractivity contribution is 5.85. The first-order valence-electron chi connectivity index (χ1n) is 13.6. The number of hydrogen-bond donors (Lipinski definition) is 2. The van der Waals surface area contributed by atoms with Crippen molar-refractivity contribution >= 4 is 24.2 Å². The van der Waals surface area contributed by atoms with Gasteiger partial charge in [0.1, 0.15) is 19.0 Å². The molecule has 5 aliphatic rings. The topological polar surface area (TPSA) is 136 Å². The average molecular weight is 519 g/mol. The van der Waals surface area contributed by atoms with Gasteiger partial charge in [0.2, 0.25) is 0 Å². The Hall–Kier alpha value is -2.26. The van der Waals surface area contributed by atoms with Gasteiger partial charge in [0, 0.05) is 24.8 Å². The van der Waals surface area contributed by atoms with Crippen LogP contribution in [0, 0.1) is 28.6 Å². The van der Waals surface area contributed by atoms with Gasteiger partial charge in [-0.25, -0.2) is 9.59 Å². The van der Waals surface area contributed by atoms with Crippen LogP contribution in [0.2, 0.25) is 0 Å². The van der Waals surface area contributed by atoms with Crippen LogP contribution in [-0.4, -0.2) is 64.4 Å². The van der Waals surface area contributed by atoms with Gasteiger partial charge in [-0.05, 0) is 81.6 Å². The van der Waals surface area contributed by atoms with E-state index >= 15 is 0 Å². The lowest BCUT2D eigenvalue weighted by Gasteiger charge is -2.65.